The quantitative estimate of drug-likeness (QED) is 0.538. The average Bonchev–Trinajstić information content (AvgIpc) is 3.29. The summed E-state index contributed by atoms with van der Waals surface area (Å²) in [6, 6.07) is 9.35. The number of nitrogens with zero attached hydrogens (tertiary/aromatic N) is 3. The largest absolute Gasteiger partial charge is 0.454 e. The first-order valence-electron chi connectivity index (χ1n) is 8.16. The number of sulfonamides is 1. The third-order valence-corrected chi connectivity index (χ3v) is 7.18. The number of hydrogen-bond acceptors (Lipinski definition) is 6. The van der Waals surface area contributed by atoms with Crippen LogP contribution in [-0.4, -0.2) is 41.8 Å². The highest BCUT2D eigenvalue weighted by Crippen LogP contribution is 2.28. The first kappa shape index (κ1) is 20.4. The zero-order valence-corrected chi connectivity index (χ0v) is 16.6. The monoisotopic (exact) mass is 429 g/mol. The molecule has 28 heavy (non-hydrogen) atoms. The van der Waals surface area contributed by atoms with Gasteiger partial charge in [-0.1, -0.05) is 18.2 Å². The van der Waals surface area contributed by atoms with Gasteiger partial charge in [0.05, 0.1) is 11.0 Å². The highest BCUT2D eigenvalue weighted by atomic mass is 32.2. The topological polar surface area (TPSA) is 81.5 Å². The van der Waals surface area contributed by atoms with E-state index in [0.717, 1.165) is 15.6 Å². The van der Waals surface area contributed by atoms with E-state index in [1.165, 1.54) is 26.1 Å². The summed E-state index contributed by atoms with van der Waals surface area (Å²) in [5.74, 6) is -0.990. The summed E-state index contributed by atoms with van der Waals surface area (Å²) in [6.45, 7) is -2.02. The van der Waals surface area contributed by atoms with Crippen LogP contribution < -0.4 is 0 Å². The highest BCUT2D eigenvalue weighted by molar-refractivity contribution is 7.91. The standard InChI is InChI=1S/C17H17F2N3O4S2/c1-11(16-20-12-6-3-4-7-13(12)22(16)17(18)19)26-14(23)10-21(2)28(24,25)15-8-5-9-27-15/h3-9,11,17H,10H2,1-2H3. The van der Waals surface area contributed by atoms with Crippen molar-refractivity contribution in [2.75, 3.05) is 13.6 Å². The van der Waals surface area contributed by atoms with Gasteiger partial charge in [-0.2, -0.15) is 13.1 Å². The molecule has 0 aliphatic heterocycles. The normalized spacial score (nSPS) is 13.4. The first-order chi connectivity index (χ1) is 13.2. The minimum absolute atomic E-state index is 0.0929. The van der Waals surface area contributed by atoms with Crippen molar-refractivity contribution in [2.24, 2.45) is 0 Å². The Labute approximate surface area is 164 Å². The maximum atomic E-state index is 13.5. The molecule has 0 spiro atoms. The summed E-state index contributed by atoms with van der Waals surface area (Å²) in [5, 5.41) is 1.61. The van der Waals surface area contributed by atoms with Gasteiger partial charge in [-0.25, -0.2) is 13.4 Å². The summed E-state index contributed by atoms with van der Waals surface area (Å²) in [5.41, 5.74) is 0.561. The predicted octanol–water partition coefficient (Wildman–Crippen LogP) is 3.42. The number of likely N-dealkylation sites (N-methyl/N-ethyl adjacent to an activating group) is 1. The number of carbonyl (C=O) groups is 1. The van der Waals surface area contributed by atoms with E-state index in [9.17, 15) is 22.0 Å². The minimum atomic E-state index is -3.82. The molecule has 0 radical (unpaired) electrons. The number of fused-ring (bicyclic) bond motifs is 1. The van der Waals surface area contributed by atoms with Crippen LogP contribution >= 0.6 is 11.3 Å². The number of hydrogen-bond donors (Lipinski definition) is 0. The van der Waals surface area contributed by atoms with Crippen LogP contribution in [0.25, 0.3) is 11.0 Å². The predicted molar refractivity (Wildman–Crippen MR) is 99.6 cm³/mol. The molecule has 11 heteroatoms. The number of para-hydroxylation sites is 2. The molecule has 3 rings (SSSR count). The molecule has 7 nitrogen and oxygen atoms in total. The van der Waals surface area contributed by atoms with Crippen LogP contribution in [0.3, 0.4) is 0 Å². The minimum Gasteiger partial charge on any atom is -0.454 e. The molecule has 0 saturated carbocycles. The van der Waals surface area contributed by atoms with Crippen molar-refractivity contribution in [3.63, 3.8) is 0 Å². The number of benzene rings is 1. The number of imidazole rings is 1. The molecule has 0 aliphatic rings. The molecule has 1 atom stereocenters. The lowest BCUT2D eigenvalue weighted by Gasteiger charge is -2.18. The Balaban J connectivity index is 1.76. The highest BCUT2D eigenvalue weighted by Gasteiger charge is 2.27. The van der Waals surface area contributed by atoms with Crippen LogP contribution in [0.5, 0.6) is 0 Å². The van der Waals surface area contributed by atoms with Crippen molar-refractivity contribution in [3.05, 3.63) is 47.6 Å². The second kappa shape index (κ2) is 7.94. The molecule has 0 amide bonds. The number of ether oxygens (including phenoxy) is 1. The van der Waals surface area contributed by atoms with Crippen molar-refractivity contribution in [3.8, 4) is 0 Å². The maximum absolute atomic E-state index is 13.5. The zero-order chi connectivity index (χ0) is 20.5. The van der Waals surface area contributed by atoms with Gasteiger partial charge in [-0.15, -0.1) is 11.3 Å². The molecule has 0 fully saturated rings. The lowest BCUT2D eigenvalue weighted by molar-refractivity contribution is -0.149. The van der Waals surface area contributed by atoms with Gasteiger partial charge in [0.25, 0.3) is 10.0 Å². The number of aromatic nitrogens is 2. The molecule has 0 bridgehead atoms. The molecule has 3 aromatic rings. The van der Waals surface area contributed by atoms with Gasteiger partial charge in [-0.05, 0) is 30.5 Å². The molecule has 2 aromatic heterocycles. The Morgan fingerprint density at radius 3 is 2.64 bits per heavy atom. The molecule has 0 saturated heterocycles. The van der Waals surface area contributed by atoms with E-state index >= 15 is 0 Å². The fourth-order valence-electron chi connectivity index (χ4n) is 2.67. The molecular formula is C17H17F2N3O4S2. The van der Waals surface area contributed by atoms with Crippen LogP contribution in [0.15, 0.2) is 46.0 Å². The van der Waals surface area contributed by atoms with Gasteiger partial charge in [0, 0.05) is 7.05 Å². The Hall–Kier alpha value is -2.37. The Morgan fingerprint density at radius 2 is 2.00 bits per heavy atom. The van der Waals surface area contributed by atoms with Crippen molar-refractivity contribution < 1.29 is 26.7 Å². The lowest BCUT2D eigenvalue weighted by atomic mass is 10.3. The third-order valence-electron chi connectivity index (χ3n) is 4.00. The van der Waals surface area contributed by atoms with E-state index in [4.69, 9.17) is 4.74 Å². The number of carbonyl (C=O) groups excluding carboxylic acids is 1. The summed E-state index contributed by atoms with van der Waals surface area (Å²) in [7, 11) is -2.58. The molecule has 1 aromatic carbocycles. The number of esters is 1. The first-order valence-corrected chi connectivity index (χ1v) is 10.5. The van der Waals surface area contributed by atoms with Crippen LogP contribution in [-0.2, 0) is 19.6 Å². The number of alkyl halides is 2. The van der Waals surface area contributed by atoms with E-state index in [-0.39, 0.29) is 15.6 Å². The second-order valence-corrected chi connectivity index (χ2v) is 9.15. The van der Waals surface area contributed by atoms with Crippen LogP contribution in [0.4, 0.5) is 8.78 Å². The van der Waals surface area contributed by atoms with Crippen molar-refractivity contribution in [1.29, 1.82) is 0 Å². The number of rotatable bonds is 7. The van der Waals surface area contributed by atoms with Crippen LogP contribution in [0.1, 0.15) is 25.4 Å². The maximum Gasteiger partial charge on any atom is 0.321 e. The van der Waals surface area contributed by atoms with Gasteiger partial charge >= 0.3 is 12.5 Å². The van der Waals surface area contributed by atoms with E-state index in [1.807, 2.05) is 0 Å². The number of halogens is 2. The van der Waals surface area contributed by atoms with Gasteiger partial charge in [0.2, 0.25) is 0 Å². The summed E-state index contributed by atoms with van der Waals surface area (Å²) in [4.78, 5) is 16.3. The van der Waals surface area contributed by atoms with Crippen molar-refractivity contribution in [1.82, 2.24) is 13.9 Å². The SMILES string of the molecule is CC(OC(=O)CN(C)S(=O)(=O)c1cccs1)c1nc2ccccc2n1C(F)F. The van der Waals surface area contributed by atoms with E-state index in [1.54, 1.807) is 29.6 Å². The van der Waals surface area contributed by atoms with Gasteiger partial charge < -0.3 is 4.74 Å². The molecule has 0 N–H and O–H groups in total. The van der Waals surface area contributed by atoms with Gasteiger partial charge in [-0.3, -0.25) is 9.36 Å². The Kier molecular flexibility index (Phi) is 5.77. The molecule has 0 aliphatic carbocycles. The average molecular weight is 429 g/mol. The van der Waals surface area contributed by atoms with Gasteiger partial charge in [0.15, 0.2) is 11.9 Å². The fourth-order valence-corrected chi connectivity index (χ4v) is 4.99. The Bertz CT molecular complexity index is 1080. The van der Waals surface area contributed by atoms with Crippen LogP contribution in [0, 0.1) is 0 Å². The molecule has 2 heterocycles. The smallest absolute Gasteiger partial charge is 0.321 e. The zero-order valence-electron chi connectivity index (χ0n) is 15.0. The van der Waals surface area contributed by atoms with Crippen molar-refractivity contribution in [2.45, 2.75) is 23.8 Å². The lowest BCUT2D eigenvalue weighted by Crippen LogP contribution is -2.33. The second-order valence-electron chi connectivity index (χ2n) is 5.93. The molecular weight excluding hydrogens is 412 g/mol. The number of thiophene rings is 1. The Morgan fingerprint density at radius 1 is 1.29 bits per heavy atom. The van der Waals surface area contributed by atoms with E-state index in [0.29, 0.717) is 10.1 Å². The molecule has 150 valence electrons. The third kappa shape index (κ3) is 3.91. The summed E-state index contributed by atoms with van der Waals surface area (Å²) < 4.78 is 58.6. The van der Waals surface area contributed by atoms with E-state index < -0.39 is 35.2 Å². The summed E-state index contributed by atoms with van der Waals surface area (Å²) in [6.07, 6.45) is -1.09. The fraction of sp³-hybridized carbons (Fsp3) is 0.294. The van der Waals surface area contributed by atoms with Crippen LogP contribution in [0.2, 0.25) is 0 Å². The van der Waals surface area contributed by atoms with E-state index in [2.05, 4.69) is 4.98 Å². The van der Waals surface area contributed by atoms with Gasteiger partial charge in [0.1, 0.15) is 10.8 Å². The molecule has 1 unspecified atom stereocenters. The summed E-state index contributed by atoms with van der Waals surface area (Å²) >= 11 is 1.03. The van der Waals surface area contributed by atoms with Crippen molar-refractivity contribution >= 4 is 38.4 Å².